The Kier molecular flexibility index (Phi) is 52.0. The Labute approximate surface area is 49.8 Å². The summed E-state index contributed by atoms with van der Waals surface area (Å²) >= 11 is 0. The minimum Gasteiger partial charge on any atom is -0.344 e. The van der Waals surface area contributed by atoms with Crippen LogP contribution in [-0.4, -0.2) is 0 Å². The highest BCUT2D eigenvalue weighted by atomic mass is 79.9. The molecule has 0 aromatic rings. The average molecular weight is 154 g/mol. The summed E-state index contributed by atoms with van der Waals surface area (Å²) in [5, 5.41) is 0. The normalized spacial score (nSPS) is 6.33. The van der Waals surface area contributed by atoms with E-state index < -0.39 is 0 Å². The van der Waals surface area contributed by atoms with E-state index in [1.54, 1.807) is 0 Å². The second kappa shape index (κ2) is 19.0. The van der Waals surface area contributed by atoms with Crippen molar-refractivity contribution in [1.29, 1.82) is 0 Å². The molecule has 0 atom stereocenters. The molecule has 0 aliphatic heterocycles. The third-order valence-corrected chi connectivity index (χ3v) is 0.333. The van der Waals surface area contributed by atoms with Gasteiger partial charge in [0, 0.05) is 0 Å². The molecule has 3 N–H and O–H groups in total. The Morgan fingerprint density at radius 1 is 1.00 bits per heavy atom. The summed E-state index contributed by atoms with van der Waals surface area (Å²) < 4.78 is 0. The molecule has 0 spiro atoms. The summed E-state index contributed by atoms with van der Waals surface area (Å²) in [5.74, 6) is 0. The Hall–Kier alpha value is 0.180. The van der Waals surface area contributed by atoms with Crippen LogP contribution in [0, 0.1) is 0 Å². The molecule has 0 amide bonds. The molecule has 0 aliphatic rings. The lowest BCUT2D eigenvalue weighted by Gasteiger charge is -1.49. The molecule has 0 saturated heterocycles. The molecule has 0 aliphatic carbocycles. The van der Waals surface area contributed by atoms with Gasteiger partial charge in [-0.25, -0.2) is 0 Å². The zero-order chi connectivity index (χ0) is 3.41. The first kappa shape index (κ1) is 16.4. The minimum absolute atomic E-state index is 0. The Morgan fingerprint density at radius 3 is 1.17 bits per heavy atom. The van der Waals surface area contributed by atoms with Crippen molar-refractivity contribution < 1.29 is 0 Å². The zero-order valence-corrected chi connectivity index (χ0v) is 5.98. The quantitative estimate of drug-likeness (QED) is 0.534. The first-order chi connectivity index (χ1) is 1.91. The highest BCUT2D eigenvalue weighted by Gasteiger charge is 1.34. The van der Waals surface area contributed by atoms with Gasteiger partial charge in [-0.05, 0) is 13.8 Å². The topological polar surface area (TPSA) is 35.0 Å². The maximum absolute atomic E-state index is 2.00. The smallest absolute Gasteiger partial charge is 0.0470 e. The van der Waals surface area contributed by atoms with Crippen LogP contribution in [0.3, 0.4) is 0 Å². The molecular weight excluding hydrogens is 142 g/mol. The fourth-order valence-corrected chi connectivity index (χ4v) is 0. The molecule has 6 heavy (non-hydrogen) atoms. The summed E-state index contributed by atoms with van der Waals surface area (Å²) in [5.41, 5.74) is 0. The standard InChI is InChI=1S/C4H8.BrH.H3N/c1-3-4-2;;/h3-4H,1-2H3;1H;1H3. The van der Waals surface area contributed by atoms with E-state index in [1.165, 1.54) is 0 Å². The summed E-state index contributed by atoms with van der Waals surface area (Å²) in [4.78, 5) is 0. The zero-order valence-electron chi connectivity index (χ0n) is 4.27. The Balaban J connectivity index is -0.0000000450. The molecule has 0 rings (SSSR count). The molecule has 0 radical (unpaired) electrons. The van der Waals surface area contributed by atoms with Crippen LogP contribution in [0.4, 0.5) is 0 Å². The maximum Gasteiger partial charge on any atom is -0.0470 e. The van der Waals surface area contributed by atoms with Crippen molar-refractivity contribution in [2.45, 2.75) is 13.8 Å². The van der Waals surface area contributed by atoms with E-state index in [4.69, 9.17) is 0 Å². The number of halogens is 1. The van der Waals surface area contributed by atoms with E-state index in [0.717, 1.165) is 0 Å². The molecule has 0 heterocycles. The molecule has 2 heteroatoms. The molecule has 1 nitrogen and oxygen atoms in total. The second-order valence-corrected chi connectivity index (χ2v) is 0.667. The van der Waals surface area contributed by atoms with Gasteiger partial charge in [0.1, 0.15) is 0 Å². The summed E-state index contributed by atoms with van der Waals surface area (Å²) in [6.07, 6.45) is 4.00. The van der Waals surface area contributed by atoms with Gasteiger partial charge in [-0.15, -0.1) is 17.0 Å². The molecule has 0 saturated carbocycles. The van der Waals surface area contributed by atoms with Gasteiger partial charge in [0.25, 0.3) is 0 Å². The summed E-state index contributed by atoms with van der Waals surface area (Å²) in [7, 11) is 0. The van der Waals surface area contributed by atoms with Crippen LogP contribution in [0.1, 0.15) is 13.8 Å². The highest BCUT2D eigenvalue weighted by molar-refractivity contribution is 8.93. The average Bonchev–Trinajstić information content (AvgIpc) is 1.37. The lowest BCUT2D eigenvalue weighted by molar-refractivity contribution is 1.64. The van der Waals surface area contributed by atoms with Crippen molar-refractivity contribution in [2.75, 3.05) is 0 Å². The van der Waals surface area contributed by atoms with Crippen LogP contribution in [0.2, 0.25) is 0 Å². The first-order valence-electron chi connectivity index (χ1n) is 1.49. The molecule has 40 valence electrons. The maximum atomic E-state index is 2.00. The summed E-state index contributed by atoms with van der Waals surface area (Å²) in [6, 6.07) is 0. The predicted molar refractivity (Wildman–Crippen MR) is 35.8 cm³/mol. The van der Waals surface area contributed by atoms with Crippen molar-refractivity contribution >= 4 is 17.0 Å². The largest absolute Gasteiger partial charge is 0.344 e. The van der Waals surface area contributed by atoms with Crippen molar-refractivity contribution in [1.82, 2.24) is 6.15 Å². The van der Waals surface area contributed by atoms with Crippen molar-refractivity contribution in [3.63, 3.8) is 0 Å². The van der Waals surface area contributed by atoms with E-state index in [0.29, 0.717) is 0 Å². The van der Waals surface area contributed by atoms with Gasteiger partial charge >= 0.3 is 0 Å². The number of hydrogen-bond donors (Lipinski definition) is 1. The third-order valence-electron chi connectivity index (χ3n) is 0.333. The van der Waals surface area contributed by atoms with Crippen LogP contribution >= 0.6 is 17.0 Å². The van der Waals surface area contributed by atoms with E-state index in [2.05, 4.69) is 0 Å². The monoisotopic (exact) mass is 153 g/mol. The molecule has 0 unspecified atom stereocenters. The molecule has 0 aromatic heterocycles. The molecule has 0 fully saturated rings. The Morgan fingerprint density at radius 2 is 1.17 bits per heavy atom. The van der Waals surface area contributed by atoms with Crippen molar-refractivity contribution in [3.8, 4) is 0 Å². The lowest BCUT2D eigenvalue weighted by atomic mass is 10.6. The SMILES string of the molecule is Br.CC=CC.N. The third kappa shape index (κ3) is 30.4. The lowest BCUT2D eigenvalue weighted by Crippen LogP contribution is -1.26. The van der Waals surface area contributed by atoms with Gasteiger partial charge in [0.2, 0.25) is 0 Å². The fourth-order valence-electron chi connectivity index (χ4n) is 0. The van der Waals surface area contributed by atoms with E-state index in [-0.39, 0.29) is 23.1 Å². The van der Waals surface area contributed by atoms with Crippen LogP contribution < -0.4 is 6.15 Å². The predicted octanol–water partition coefficient (Wildman–Crippen LogP) is 2.32. The Bertz CT molecular complexity index is 22.7. The van der Waals surface area contributed by atoms with E-state index >= 15 is 0 Å². The fraction of sp³-hybridized carbons (Fsp3) is 0.500. The number of allylic oxidation sites excluding steroid dienone is 2. The van der Waals surface area contributed by atoms with Crippen LogP contribution in [0.5, 0.6) is 0 Å². The van der Waals surface area contributed by atoms with Crippen LogP contribution in [0.25, 0.3) is 0 Å². The van der Waals surface area contributed by atoms with Gasteiger partial charge in [0.15, 0.2) is 0 Å². The van der Waals surface area contributed by atoms with Gasteiger partial charge in [-0.3, -0.25) is 0 Å². The minimum atomic E-state index is 0. The van der Waals surface area contributed by atoms with Gasteiger partial charge in [0.05, 0.1) is 0 Å². The first-order valence-corrected chi connectivity index (χ1v) is 1.49. The van der Waals surface area contributed by atoms with E-state index in [1.807, 2.05) is 26.0 Å². The van der Waals surface area contributed by atoms with Crippen LogP contribution in [-0.2, 0) is 0 Å². The van der Waals surface area contributed by atoms with Crippen molar-refractivity contribution in [3.05, 3.63) is 12.2 Å². The number of rotatable bonds is 0. The van der Waals surface area contributed by atoms with Gasteiger partial charge < -0.3 is 6.15 Å². The summed E-state index contributed by atoms with van der Waals surface area (Å²) in [6.45, 7) is 4.00. The van der Waals surface area contributed by atoms with Gasteiger partial charge in [-0.2, -0.15) is 0 Å². The highest BCUT2D eigenvalue weighted by Crippen LogP contribution is 1.57. The van der Waals surface area contributed by atoms with Crippen molar-refractivity contribution in [2.24, 2.45) is 0 Å². The molecule has 0 aromatic carbocycles. The van der Waals surface area contributed by atoms with Crippen LogP contribution in [0.15, 0.2) is 12.2 Å². The molecular formula is C4H12BrN. The molecule has 0 bridgehead atoms. The van der Waals surface area contributed by atoms with Gasteiger partial charge in [-0.1, -0.05) is 12.2 Å². The second-order valence-electron chi connectivity index (χ2n) is 0.667. The number of hydrogen-bond acceptors (Lipinski definition) is 1. The van der Waals surface area contributed by atoms with E-state index in [9.17, 15) is 0 Å².